The van der Waals surface area contributed by atoms with Gasteiger partial charge < -0.3 is 9.47 Å². The smallest absolute Gasteiger partial charge is 0.343 e. The molecule has 1 heterocycles. The Morgan fingerprint density at radius 2 is 2.31 bits per heavy atom. The molecule has 1 aromatic carbocycles. The molecule has 84 valence electrons. The van der Waals surface area contributed by atoms with E-state index in [1.54, 1.807) is 18.2 Å². The Kier molecular flexibility index (Phi) is 2.47. The number of rotatable bonds is 3. The van der Waals surface area contributed by atoms with Gasteiger partial charge in [-0.25, -0.2) is 4.79 Å². The van der Waals surface area contributed by atoms with E-state index < -0.39 is 23.5 Å². The van der Waals surface area contributed by atoms with Crippen molar-refractivity contribution < 1.29 is 19.2 Å². The Bertz CT molecular complexity index is 457. The molecule has 1 unspecified atom stereocenters. The molecule has 1 atom stereocenters. The molecule has 0 fully saturated rings. The quantitative estimate of drug-likeness (QED) is 0.436. The van der Waals surface area contributed by atoms with Gasteiger partial charge in [-0.3, -0.25) is 10.1 Å². The Balaban J connectivity index is 2.43. The maximum absolute atomic E-state index is 11.5. The van der Waals surface area contributed by atoms with Gasteiger partial charge in [-0.2, -0.15) is 0 Å². The van der Waals surface area contributed by atoms with Crippen LogP contribution in [0.2, 0.25) is 0 Å². The van der Waals surface area contributed by atoms with E-state index in [-0.39, 0.29) is 5.56 Å². The Morgan fingerprint density at radius 3 is 2.94 bits per heavy atom. The van der Waals surface area contributed by atoms with Gasteiger partial charge in [-0.05, 0) is 6.07 Å². The van der Waals surface area contributed by atoms with Gasteiger partial charge in [-0.15, -0.1) is 0 Å². The predicted octanol–water partition coefficient (Wildman–Crippen LogP) is 1.18. The second-order valence-electron chi connectivity index (χ2n) is 3.33. The summed E-state index contributed by atoms with van der Waals surface area (Å²) < 4.78 is 9.93. The summed E-state index contributed by atoms with van der Waals surface area (Å²) in [7, 11) is 1.43. The molecule has 1 aliphatic heterocycles. The molecule has 0 bridgehead atoms. The molecule has 0 N–H and O–H groups in total. The van der Waals surface area contributed by atoms with E-state index in [0.29, 0.717) is 11.3 Å². The minimum atomic E-state index is -0.812. The van der Waals surface area contributed by atoms with E-state index in [1.165, 1.54) is 7.11 Å². The number of ether oxygens (including phenoxy) is 2. The third kappa shape index (κ3) is 1.58. The first-order chi connectivity index (χ1) is 7.63. The van der Waals surface area contributed by atoms with E-state index in [2.05, 4.69) is 0 Å². The Morgan fingerprint density at radius 1 is 1.56 bits per heavy atom. The van der Waals surface area contributed by atoms with Gasteiger partial charge in [-0.1, -0.05) is 12.1 Å². The maximum Gasteiger partial charge on any atom is 0.343 e. The molecule has 2 rings (SSSR count). The number of nitro groups is 1. The van der Waals surface area contributed by atoms with Gasteiger partial charge in [0.05, 0.1) is 7.11 Å². The van der Waals surface area contributed by atoms with Crippen molar-refractivity contribution in [2.45, 2.75) is 6.10 Å². The molecule has 0 amide bonds. The highest BCUT2D eigenvalue weighted by Crippen LogP contribution is 2.36. The predicted molar refractivity (Wildman–Crippen MR) is 53.0 cm³/mol. The molecule has 0 aromatic heterocycles. The first-order valence-corrected chi connectivity index (χ1v) is 4.63. The lowest BCUT2D eigenvalue weighted by molar-refractivity contribution is -0.490. The standard InChI is InChI=1S/C10H9NO5/c1-15-7-4-2-3-6-8(5-11(13)14)16-10(12)9(6)7/h2-4,8H,5H2,1H3. The fourth-order valence-corrected chi connectivity index (χ4v) is 1.73. The van der Waals surface area contributed by atoms with E-state index in [1.807, 2.05) is 0 Å². The Labute approximate surface area is 90.9 Å². The van der Waals surface area contributed by atoms with E-state index in [0.717, 1.165) is 0 Å². The second kappa shape index (κ2) is 3.80. The van der Waals surface area contributed by atoms with Crippen LogP contribution in [0, 0.1) is 10.1 Å². The van der Waals surface area contributed by atoms with Crippen molar-refractivity contribution in [1.82, 2.24) is 0 Å². The van der Waals surface area contributed by atoms with E-state index in [9.17, 15) is 14.9 Å². The monoisotopic (exact) mass is 223 g/mol. The number of carbonyl (C=O) groups excluding carboxylic acids is 1. The van der Waals surface area contributed by atoms with Crippen LogP contribution in [0.15, 0.2) is 18.2 Å². The molecule has 1 aromatic rings. The highest BCUT2D eigenvalue weighted by Gasteiger charge is 2.36. The minimum Gasteiger partial charge on any atom is -0.496 e. The third-order valence-corrected chi connectivity index (χ3v) is 2.39. The number of fused-ring (bicyclic) bond motifs is 1. The van der Waals surface area contributed by atoms with Crippen molar-refractivity contribution in [3.05, 3.63) is 39.4 Å². The van der Waals surface area contributed by atoms with Crippen LogP contribution < -0.4 is 4.74 Å². The van der Waals surface area contributed by atoms with E-state index in [4.69, 9.17) is 9.47 Å². The minimum absolute atomic E-state index is 0.289. The largest absolute Gasteiger partial charge is 0.496 e. The maximum atomic E-state index is 11.5. The molecule has 0 spiro atoms. The average molecular weight is 223 g/mol. The number of hydrogen-bond donors (Lipinski definition) is 0. The normalized spacial score (nSPS) is 17.8. The van der Waals surface area contributed by atoms with Crippen molar-refractivity contribution in [2.24, 2.45) is 0 Å². The molecule has 6 heteroatoms. The molecule has 16 heavy (non-hydrogen) atoms. The van der Waals surface area contributed by atoms with Gasteiger partial charge >= 0.3 is 5.97 Å². The lowest BCUT2D eigenvalue weighted by atomic mass is 10.0. The summed E-state index contributed by atoms with van der Waals surface area (Å²) in [5, 5.41) is 10.4. The van der Waals surface area contributed by atoms with Gasteiger partial charge in [0.15, 0.2) is 6.10 Å². The molecule has 6 nitrogen and oxygen atoms in total. The highest BCUT2D eigenvalue weighted by atomic mass is 16.6. The summed E-state index contributed by atoms with van der Waals surface area (Å²) in [6, 6.07) is 4.93. The zero-order valence-electron chi connectivity index (χ0n) is 8.50. The number of benzene rings is 1. The second-order valence-corrected chi connectivity index (χ2v) is 3.33. The average Bonchev–Trinajstić information content (AvgIpc) is 2.55. The summed E-state index contributed by atoms with van der Waals surface area (Å²) in [5.74, 6) is -0.187. The Hall–Kier alpha value is -2.11. The number of hydrogen-bond acceptors (Lipinski definition) is 5. The first-order valence-electron chi connectivity index (χ1n) is 4.63. The highest BCUT2D eigenvalue weighted by molar-refractivity contribution is 5.97. The van der Waals surface area contributed by atoms with Crippen molar-refractivity contribution in [2.75, 3.05) is 13.7 Å². The van der Waals surface area contributed by atoms with Crippen LogP contribution in [0.4, 0.5) is 0 Å². The summed E-state index contributed by atoms with van der Waals surface area (Å²) in [6.07, 6.45) is -0.812. The van der Waals surface area contributed by atoms with Crippen molar-refractivity contribution in [3.8, 4) is 5.75 Å². The zero-order valence-corrected chi connectivity index (χ0v) is 8.50. The van der Waals surface area contributed by atoms with Gasteiger partial charge in [0, 0.05) is 10.5 Å². The van der Waals surface area contributed by atoms with Crippen molar-refractivity contribution in [1.29, 1.82) is 0 Å². The van der Waals surface area contributed by atoms with Gasteiger partial charge in [0.25, 0.3) is 0 Å². The molecule has 1 aliphatic rings. The number of esters is 1. The van der Waals surface area contributed by atoms with Crippen LogP contribution in [-0.4, -0.2) is 24.5 Å². The summed E-state index contributed by atoms with van der Waals surface area (Å²) in [6.45, 7) is -0.425. The molecule has 0 aliphatic carbocycles. The number of carbonyl (C=O) groups is 1. The third-order valence-electron chi connectivity index (χ3n) is 2.39. The zero-order chi connectivity index (χ0) is 11.7. The lowest BCUT2D eigenvalue weighted by Crippen LogP contribution is -2.12. The van der Waals surface area contributed by atoms with Gasteiger partial charge in [0.1, 0.15) is 11.3 Å². The molecule has 0 saturated carbocycles. The van der Waals surface area contributed by atoms with E-state index >= 15 is 0 Å². The van der Waals surface area contributed by atoms with Crippen LogP contribution in [0.5, 0.6) is 5.75 Å². The summed E-state index contributed by atoms with van der Waals surface area (Å²) >= 11 is 0. The SMILES string of the molecule is COc1cccc2c1C(=O)OC2C[N+](=O)[O-]. The fourth-order valence-electron chi connectivity index (χ4n) is 1.73. The first kappa shape index (κ1) is 10.4. The molecule has 0 radical (unpaired) electrons. The van der Waals surface area contributed by atoms with Crippen LogP contribution in [0.25, 0.3) is 0 Å². The van der Waals surface area contributed by atoms with Crippen LogP contribution in [0.3, 0.4) is 0 Å². The fraction of sp³-hybridized carbons (Fsp3) is 0.300. The van der Waals surface area contributed by atoms with Crippen LogP contribution in [0.1, 0.15) is 22.0 Å². The van der Waals surface area contributed by atoms with Crippen LogP contribution in [-0.2, 0) is 4.74 Å². The molecule has 0 saturated heterocycles. The van der Waals surface area contributed by atoms with Crippen molar-refractivity contribution in [3.63, 3.8) is 0 Å². The topological polar surface area (TPSA) is 78.7 Å². The summed E-state index contributed by atoms with van der Waals surface area (Å²) in [4.78, 5) is 21.4. The number of nitrogens with zero attached hydrogens (tertiary/aromatic N) is 1. The lowest BCUT2D eigenvalue weighted by Gasteiger charge is -2.05. The number of methoxy groups -OCH3 is 1. The van der Waals surface area contributed by atoms with Crippen LogP contribution >= 0.6 is 0 Å². The number of cyclic esters (lactones) is 1. The molecular formula is C10H9NO5. The van der Waals surface area contributed by atoms with Crippen molar-refractivity contribution >= 4 is 5.97 Å². The summed E-state index contributed by atoms with van der Waals surface area (Å²) in [5.41, 5.74) is 0.804. The molecular weight excluding hydrogens is 214 g/mol. The van der Waals surface area contributed by atoms with Gasteiger partial charge in [0.2, 0.25) is 6.54 Å².